The van der Waals surface area contributed by atoms with Crippen molar-refractivity contribution in [2.75, 3.05) is 26.9 Å². The number of ether oxygens (including phenoxy) is 3. The lowest BCUT2D eigenvalue weighted by atomic mass is 10.2. The Bertz CT molecular complexity index is 874. The molecular formula is C21H24IN3O3S. The first-order valence-corrected chi connectivity index (χ1v) is 10.4. The minimum atomic E-state index is 0.402. The van der Waals surface area contributed by atoms with Crippen molar-refractivity contribution in [3.63, 3.8) is 0 Å². The second-order valence-corrected chi connectivity index (χ2v) is 7.44. The second kappa shape index (κ2) is 12.3. The fourth-order valence-corrected chi connectivity index (χ4v) is 3.26. The number of para-hydroxylation sites is 1. The van der Waals surface area contributed by atoms with Crippen LogP contribution in [0.5, 0.6) is 17.2 Å². The summed E-state index contributed by atoms with van der Waals surface area (Å²) in [5.74, 6) is 2.16. The van der Waals surface area contributed by atoms with Gasteiger partial charge in [-0.2, -0.15) is 5.10 Å². The van der Waals surface area contributed by atoms with Gasteiger partial charge in [0, 0.05) is 6.54 Å². The number of hydrogen-bond donors (Lipinski definition) is 2. The zero-order valence-corrected chi connectivity index (χ0v) is 19.4. The van der Waals surface area contributed by atoms with E-state index in [0.717, 1.165) is 20.4 Å². The van der Waals surface area contributed by atoms with Crippen LogP contribution in [0.4, 0.5) is 0 Å². The molecule has 6 nitrogen and oxygen atoms in total. The summed E-state index contributed by atoms with van der Waals surface area (Å²) in [5.41, 5.74) is 4.70. The van der Waals surface area contributed by atoms with Crippen LogP contribution in [0.25, 0.3) is 0 Å². The highest BCUT2D eigenvalue weighted by molar-refractivity contribution is 14.1. The SMILES string of the molecule is C=CCNC(=S)N/N=C\c1cc(I)c(OCCOc2ccccc2C)c(OC)c1. The van der Waals surface area contributed by atoms with Crippen LogP contribution >= 0.6 is 34.8 Å². The van der Waals surface area contributed by atoms with Crippen LogP contribution in [0.15, 0.2) is 54.2 Å². The van der Waals surface area contributed by atoms with Gasteiger partial charge in [-0.3, -0.25) is 5.43 Å². The molecule has 0 radical (unpaired) electrons. The minimum absolute atomic E-state index is 0.402. The Morgan fingerprint density at radius 3 is 2.69 bits per heavy atom. The first-order chi connectivity index (χ1) is 14.0. The lowest BCUT2D eigenvalue weighted by Crippen LogP contribution is -2.31. The highest BCUT2D eigenvalue weighted by Crippen LogP contribution is 2.33. The molecule has 0 aromatic heterocycles. The van der Waals surface area contributed by atoms with Crippen LogP contribution in [0.1, 0.15) is 11.1 Å². The van der Waals surface area contributed by atoms with E-state index in [1.54, 1.807) is 19.4 Å². The number of nitrogens with one attached hydrogen (secondary N) is 2. The highest BCUT2D eigenvalue weighted by Gasteiger charge is 2.11. The summed E-state index contributed by atoms with van der Waals surface area (Å²) in [4.78, 5) is 0. The fourth-order valence-electron chi connectivity index (χ4n) is 2.34. The summed E-state index contributed by atoms with van der Waals surface area (Å²) in [6.45, 7) is 7.05. The molecule has 0 bridgehead atoms. The number of benzene rings is 2. The zero-order chi connectivity index (χ0) is 21.1. The van der Waals surface area contributed by atoms with Gasteiger partial charge < -0.3 is 19.5 Å². The third-order valence-electron chi connectivity index (χ3n) is 3.72. The van der Waals surface area contributed by atoms with E-state index in [1.165, 1.54) is 0 Å². The molecule has 0 fully saturated rings. The average molecular weight is 525 g/mol. The number of methoxy groups -OCH3 is 1. The van der Waals surface area contributed by atoms with Gasteiger partial charge in [0.1, 0.15) is 19.0 Å². The Hall–Kier alpha value is -2.33. The van der Waals surface area contributed by atoms with Gasteiger partial charge >= 0.3 is 0 Å². The number of nitrogens with zero attached hydrogens (tertiary/aromatic N) is 1. The predicted octanol–water partition coefficient (Wildman–Crippen LogP) is 4.05. The van der Waals surface area contributed by atoms with Crippen LogP contribution in [-0.2, 0) is 0 Å². The van der Waals surface area contributed by atoms with Gasteiger partial charge in [0.2, 0.25) is 0 Å². The third kappa shape index (κ3) is 7.54. The fraction of sp³-hybridized carbons (Fsp3) is 0.238. The van der Waals surface area contributed by atoms with Gasteiger partial charge in [0.15, 0.2) is 16.6 Å². The molecule has 0 saturated carbocycles. The molecule has 0 spiro atoms. The Morgan fingerprint density at radius 2 is 1.97 bits per heavy atom. The van der Waals surface area contributed by atoms with Crippen molar-refractivity contribution in [2.45, 2.75) is 6.92 Å². The van der Waals surface area contributed by atoms with Gasteiger partial charge in [-0.1, -0.05) is 24.3 Å². The van der Waals surface area contributed by atoms with E-state index in [2.05, 4.69) is 45.0 Å². The van der Waals surface area contributed by atoms with Gasteiger partial charge in [-0.25, -0.2) is 0 Å². The standard InChI is InChI=1S/C21H24IN3O3S/c1-4-9-23-21(29)25-24-14-16-12-17(22)20(19(13-16)26-3)28-11-10-27-18-8-6-5-7-15(18)2/h4-8,12-14H,1,9-11H2,2-3H3,(H2,23,25,29)/b24-14-. The second-order valence-electron chi connectivity index (χ2n) is 5.87. The Kier molecular flexibility index (Phi) is 9.72. The van der Waals surface area contributed by atoms with Crippen LogP contribution in [-0.4, -0.2) is 38.2 Å². The minimum Gasteiger partial charge on any atom is -0.493 e. The Labute approximate surface area is 190 Å². The zero-order valence-electron chi connectivity index (χ0n) is 16.4. The molecule has 8 heteroatoms. The van der Waals surface area contributed by atoms with Gasteiger partial charge in [-0.15, -0.1) is 6.58 Å². The monoisotopic (exact) mass is 525 g/mol. The average Bonchev–Trinajstić information content (AvgIpc) is 2.71. The molecule has 0 heterocycles. The largest absolute Gasteiger partial charge is 0.493 e. The molecule has 0 atom stereocenters. The van der Waals surface area contributed by atoms with Gasteiger partial charge in [0.05, 0.1) is 16.9 Å². The highest BCUT2D eigenvalue weighted by atomic mass is 127. The van der Waals surface area contributed by atoms with Crippen LogP contribution in [0.2, 0.25) is 0 Å². The number of aryl methyl sites for hydroxylation is 1. The molecule has 0 aliphatic rings. The molecule has 0 aliphatic heterocycles. The predicted molar refractivity (Wildman–Crippen MR) is 129 cm³/mol. The molecule has 0 unspecified atom stereocenters. The van der Waals surface area contributed by atoms with Crippen molar-refractivity contribution in [3.8, 4) is 17.2 Å². The molecule has 2 rings (SSSR count). The maximum Gasteiger partial charge on any atom is 0.187 e. The third-order valence-corrected chi connectivity index (χ3v) is 4.76. The normalized spacial score (nSPS) is 10.4. The van der Waals surface area contributed by atoms with E-state index < -0.39 is 0 Å². The van der Waals surface area contributed by atoms with Crippen LogP contribution in [0.3, 0.4) is 0 Å². The number of thiocarbonyl (C=S) groups is 1. The molecule has 154 valence electrons. The smallest absolute Gasteiger partial charge is 0.187 e. The molecular weight excluding hydrogens is 501 g/mol. The van der Waals surface area contributed by atoms with Crippen molar-refractivity contribution in [3.05, 3.63) is 63.8 Å². The van der Waals surface area contributed by atoms with E-state index in [0.29, 0.717) is 36.4 Å². The van der Waals surface area contributed by atoms with E-state index in [9.17, 15) is 0 Å². The van der Waals surface area contributed by atoms with Crippen molar-refractivity contribution < 1.29 is 14.2 Å². The lowest BCUT2D eigenvalue weighted by Gasteiger charge is -2.14. The van der Waals surface area contributed by atoms with E-state index in [1.807, 2.05) is 43.3 Å². The summed E-state index contributed by atoms with van der Waals surface area (Å²) in [7, 11) is 1.61. The molecule has 29 heavy (non-hydrogen) atoms. The molecule has 2 aromatic rings. The Morgan fingerprint density at radius 1 is 1.21 bits per heavy atom. The first kappa shape index (κ1) is 23.0. The number of halogens is 1. The van der Waals surface area contributed by atoms with Crippen LogP contribution < -0.4 is 25.0 Å². The van der Waals surface area contributed by atoms with Gasteiger partial charge in [0.25, 0.3) is 0 Å². The molecule has 2 N–H and O–H groups in total. The molecule has 2 aromatic carbocycles. The van der Waals surface area contributed by atoms with Gasteiger partial charge in [-0.05, 0) is 71.1 Å². The molecule has 0 amide bonds. The van der Waals surface area contributed by atoms with Crippen molar-refractivity contribution >= 4 is 46.1 Å². The van der Waals surface area contributed by atoms with Crippen molar-refractivity contribution in [1.29, 1.82) is 0 Å². The van der Waals surface area contributed by atoms with Crippen molar-refractivity contribution in [2.24, 2.45) is 5.10 Å². The van der Waals surface area contributed by atoms with E-state index in [-0.39, 0.29) is 0 Å². The van der Waals surface area contributed by atoms with E-state index in [4.69, 9.17) is 26.4 Å². The lowest BCUT2D eigenvalue weighted by molar-refractivity contribution is 0.209. The van der Waals surface area contributed by atoms with Crippen LogP contribution in [0, 0.1) is 10.5 Å². The summed E-state index contributed by atoms with van der Waals surface area (Å²) >= 11 is 7.30. The maximum absolute atomic E-state index is 5.90. The summed E-state index contributed by atoms with van der Waals surface area (Å²) in [6.07, 6.45) is 3.38. The number of rotatable bonds is 10. The first-order valence-electron chi connectivity index (χ1n) is 8.91. The quantitative estimate of drug-likeness (QED) is 0.122. The van der Waals surface area contributed by atoms with E-state index >= 15 is 0 Å². The summed E-state index contributed by atoms with van der Waals surface area (Å²) in [6, 6.07) is 11.7. The summed E-state index contributed by atoms with van der Waals surface area (Å²) in [5, 5.41) is 7.49. The topological polar surface area (TPSA) is 64.1 Å². The van der Waals surface area contributed by atoms with Crippen molar-refractivity contribution in [1.82, 2.24) is 10.7 Å². The summed E-state index contributed by atoms with van der Waals surface area (Å²) < 4.78 is 18.1. The number of hydrogen-bond acceptors (Lipinski definition) is 5. The number of hydrazone groups is 1. The molecule has 0 saturated heterocycles. The Balaban J connectivity index is 1.94. The molecule has 0 aliphatic carbocycles. The maximum atomic E-state index is 5.90.